The summed E-state index contributed by atoms with van der Waals surface area (Å²) in [6.45, 7) is -3.68. The van der Waals surface area contributed by atoms with Gasteiger partial charge in [-0.2, -0.15) is 30.6 Å². The largest absolute Gasteiger partial charge is 0.416 e. The van der Waals surface area contributed by atoms with E-state index in [4.69, 9.17) is 0 Å². The standard InChI is InChI=1S/C24H18F8N2O3S/c25-19-5-7-21(8-6-19)38(36,37)34(14-23(27,28)29)13-22(35)33-12-15-9-17(11-20(26)10-15)16-1-3-18(4-2-16)24(30,31)32/h1-11H,12-14H2,(H,33,35). The molecule has 3 aromatic rings. The molecule has 3 rings (SSSR count). The first-order valence-corrected chi connectivity index (χ1v) is 12.0. The molecule has 3 aromatic carbocycles. The van der Waals surface area contributed by atoms with Crippen LogP contribution >= 0.6 is 0 Å². The van der Waals surface area contributed by atoms with Crippen molar-refractivity contribution < 1.29 is 48.3 Å². The third-order valence-electron chi connectivity index (χ3n) is 5.12. The maximum Gasteiger partial charge on any atom is 0.416 e. The van der Waals surface area contributed by atoms with Crippen molar-refractivity contribution in [3.05, 3.63) is 89.5 Å². The second kappa shape index (κ2) is 11.1. The number of hydrogen-bond donors (Lipinski definition) is 1. The molecule has 204 valence electrons. The number of rotatable bonds is 8. The zero-order chi connectivity index (χ0) is 28.3. The van der Waals surface area contributed by atoms with Crippen molar-refractivity contribution in [3.8, 4) is 11.1 Å². The molecule has 0 atom stereocenters. The summed E-state index contributed by atoms with van der Waals surface area (Å²) in [4.78, 5) is 11.7. The van der Waals surface area contributed by atoms with Gasteiger partial charge in [-0.1, -0.05) is 12.1 Å². The van der Waals surface area contributed by atoms with Gasteiger partial charge in [0.2, 0.25) is 15.9 Å². The van der Waals surface area contributed by atoms with Crippen LogP contribution in [0, 0.1) is 11.6 Å². The SMILES string of the molecule is O=C(CN(CC(F)(F)F)S(=O)(=O)c1ccc(F)cc1)NCc1cc(F)cc(-c2ccc(C(F)(F)F)cc2)c1. The number of sulfonamides is 1. The highest BCUT2D eigenvalue weighted by Gasteiger charge is 2.38. The van der Waals surface area contributed by atoms with Crippen molar-refractivity contribution in [3.63, 3.8) is 0 Å². The number of benzene rings is 3. The molecule has 0 fully saturated rings. The van der Waals surface area contributed by atoms with Gasteiger partial charge in [-0.15, -0.1) is 0 Å². The molecule has 0 unspecified atom stereocenters. The van der Waals surface area contributed by atoms with Gasteiger partial charge in [-0.05, 0) is 71.3 Å². The van der Waals surface area contributed by atoms with Crippen molar-refractivity contribution in [2.24, 2.45) is 0 Å². The third-order valence-corrected chi connectivity index (χ3v) is 6.93. The Morgan fingerprint density at radius 1 is 0.789 bits per heavy atom. The predicted octanol–water partition coefficient (Wildman–Crippen LogP) is 5.52. The van der Waals surface area contributed by atoms with Crippen LogP contribution in [-0.4, -0.2) is 37.9 Å². The number of nitrogens with one attached hydrogen (secondary N) is 1. The number of hydrogen-bond acceptors (Lipinski definition) is 3. The van der Waals surface area contributed by atoms with Crippen molar-refractivity contribution >= 4 is 15.9 Å². The molecule has 0 spiro atoms. The van der Waals surface area contributed by atoms with Crippen LogP contribution in [0.5, 0.6) is 0 Å². The molecule has 0 bridgehead atoms. The van der Waals surface area contributed by atoms with Gasteiger partial charge in [-0.3, -0.25) is 4.79 Å². The quantitative estimate of drug-likeness (QED) is 0.366. The fraction of sp³-hybridized carbons (Fsp3) is 0.208. The molecule has 0 saturated heterocycles. The summed E-state index contributed by atoms with van der Waals surface area (Å²) in [5, 5.41) is 2.19. The second-order valence-electron chi connectivity index (χ2n) is 8.04. The maximum atomic E-state index is 14.1. The van der Waals surface area contributed by atoms with Crippen LogP contribution in [0.1, 0.15) is 11.1 Å². The first-order chi connectivity index (χ1) is 17.5. The van der Waals surface area contributed by atoms with Crippen LogP contribution in [-0.2, 0) is 27.5 Å². The number of halogens is 8. The van der Waals surface area contributed by atoms with Gasteiger partial charge in [0.1, 0.15) is 18.2 Å². The van der Waals surface area contributed by atoms with E-state index in [9.17, 15) is 48.3 Å². The molecule has 0 aromatic heterocycles. The third kappa shape index (κ3) is 7.74. The molecule has 0 heterocycles. The van der Waals surface area contributed by atoms with Gasteiger partial charge in [0.25, 0.3) is 0 Å². The van der Waals surface area contributed by atoms with Crippen LogP contribution in [0.4, 0.5) is 35.1 Å². The first-order valence-electron chi connectivity index (χ1n) is 10.6. The van der Waals surface area contributed by atoms with Crippen LogP contribution in [0.15, 0.2) is 71.6 Å². The molecular formula is C24H18F8N2O3S. The minimum absolute atomic E-state index is 0.108. The zero-order valence-corrected chi connectivity index (χ0v) is 19.9. The average molecular weight is 566 g/mol. The number of carbonyl (C=O) groups excluding carboxylic acids is 1. The second-order valence-corrected chi connectivity index (χ2v) is 9.98. The molecule has 0 saturated carbocycles. The van der Waals surface area contributed by atoms with Crippen molar-refractivity contribution in [1.82, 2.24) is 9.62 Å². The topological polar surface area (TPSA) is 66.5 Å². The summed E-state index contributed by atoms with van der Waals surface area (Å²) in [7, 11) is -4.85. The van der Waals surface area contributed by atoms with E-state index in [2.05, 4.69) is 5.32 Å². The van der Waals surface area contributed by atoms with Crippen LogP contribution in [0.3, 0.4) is 0 Å². The molecule has 0 aliphatic heterocycles. The summed E-state index contributed by atoms with van der Waals surface area (Å²) in [6.07, 6.45) is -9.58. The van der Waals surface area contributed by atoms with E-state index in [0.717, 1.165) is 60.7 Å². The Morgan fingerprint density at radius 2 is 1.39 bits per heavy atom. The van der Waals surface area contributed by atoms with Crippen LogP contribution < -0.4 is 5.32 Å². The number of alkyl halides is 6. The lowest BCUT2D eigenvalue weighted by molar-refractivity contribution is -0.140. The normalized spacial score (nSPS) is 12.6. The van der Waals surface area contributed by atoms with E-state index in [1.165, 1.54) is 6.07 Å². The monoisotopic (exact) mass is 566 g/mol. The van der Waals surface area contributed by atoms with E-state index in [1.54, 1.807) is 0 Å². The van der Waals surface area contributed by atoms with Crippen molar-refractivity contribution in [1.29, 1.82) is 0 Å². The molecule has 14 heteroatoms. The zero-order valence-electron chi connectivity index (χ0n) is 19.1. The van der Waals surface area contributed by atoms with E-state index in [1.807, 2.05) is 0 Å². The Balaban J connectivity index is 1.76. The molecular weight excluding hydrogens is 548 g/mol. The summed E-state index contributed by atoms with van der Waals surface area (Å²) >= 11 is 0. The maximum absolute atomic E-state index is 14.1. The van der Waals surface area contributed by atoms with E-state index in [-0.39, 0.29) is 21.0 Å². The lowest BCUT2D eigenvalue weighted by Gasteiger charge is -2.23. The minimum Gasteiger partial charge on any atom is -0.351 e. The molecule has 0 aliphatic rings. The summed E-state index contributed by atoms with van der Waals surface area (Å²) in [6, 6.07) is 10.2. The van der Waals surface area contributed by atoms with Crippen LogP contribution in [0.25, 0.3) is 11.1 Å². The average Bonchev–Trinajstić information content (AvgIpc) is 2.81. The Hall–Kier alpha value is -3.52. The smallest absolute Gasteiger partial charge is 0.351 e. The lowest BCUT2D eigenvalue weighted by atomic mass is 10.0. The highest BCUT2D eigenvalue weighted by Crippen LogP contribution is 2.31. The van der Waals surface area contributed by atoms with Gasteiger partial charge in [0.15, 0.2) is 0 Å². The van der Waals surface area contributed by atoms with Crippen LogP contribution in [0.2, 0.25) is 0 Å². The van der Waals surface area contributed by atoms with Gasteiger partial charge in [0, 0.05) is 6.54 Å². The molecule has 0 aliphatic carbocycles. The lowest BCUT2D eigenvalue weighted by Crippen LogP contribution is -2.44. The minimum atomic E-state index is -5.01. The summed E-state index contributed by atoms with van der Waals surface area (Å²) in [5.74, 6) is -2.78. The Bertz CT molecular complexity index is 1390. The van der Waals surface area contributed by atoms with E-state index >= 15 is 0 Å². The Labute approximate surface area is 211 Å². The van der Waals surface area contributed by atoms with Gasteiger partial charge in [-0.25, -0.2) is 17.2 Å². The van der Waals surface area contributed by atoms with Crippen molar-refractivity contribution in [2.45, 2.75) is 23.8 Å². The predicted molar refractivity (Wildman–Crippen MR) is 120 cm³/mol. The Kier molecular flexibility index (Phi) is 8.46. The first kappa shape index (κ1) is 29.0. The summed E-state index contributed by atoms with van der Waals surface area (Å²) < 4.78 is 130. The Morgan fingerprint density at radius 3 is 1.95 bits per heavy atom. The van der Waals surface area contributed by atoms with Gasteiger partial charge in [0.05, 0.1) is 17.0 Å². The summed E-state index contributed by atoms with van der Waals surface area (Å²) in [5.41, 5.74) is -0.409. The fourth-order valence-corrected chi connectivity index (χ4v) is 4.75. The number of carbonyl (C=O) groups is 1. The van der Waals surface area contributed by atoms with Crippen molar-refractivity contribution in [2.75, 3.05) is 13.1 Å². The molecule has 38 heavy (non-hydrogen) atoms. The molecule has 1 amide bonds. The van der Waals surface area contributed by atoms with E-state index < -0.39 is 70.0 Å². The number of nitrogens with zero attached hydrogens (tertiary/aromatic N) is 1. The van der Waals surface area contributed by atoms with Gasteiger partial charge < -0.3 is 5.32 Å². The van der Waals surface area contributed by atoms with E-state index in [0.29, 0.717) is 0 Å². The molecule has 5 nitrogen and oxygen atoms in total. The highest BCUT2D eigenvalue weighted by molar-refractivity contribution is 7.89. The van der Waals surface area contributed by atoms with Gasteiger partial charge >= 0.3 is 12.4 Å². The fourth-order valence-electron chi connectivity index (χ4n) is 3.37. The highest BCUT2D eigenvalue weighted by atomic mass is 32.2. The molecule has 0 radical (unpaired) electrons. The number of amides is 1. The molecule has 1 N–H and O–H groups in total.